The van der Waals surface area contributed by atoms with Gasteiger partial charge in [-0.15, -0.1) is 0 Å². The molecule has 0 aromatic heterocycles. The molecule has 123 heavy (non-hydrogen) atoms. The fraction of sp³-hybridized carbons (Fsp3) is 0.745. The Morgan fingerprint density at radius 1 is 0.488 bits per heavy atom. The van der Waals surface area contributed by atoms with E-state index in [9.17, 15) is 84.0 Å². The molecule has 25 heteroatoms. The van der Waals surface area contributed by atoms with Gasteiger partial charge in [0.25, 0.3) is 0 Å². The van der Waals surface area contributed by atoms with E-state index in [0.29, 0.717) is 89.0 Å². The Morgan fingerprint density at radius 3 is 1.39 bits per heavy atom. The van der Waals surface area contributed by atoms with Crippen molar-refractivity contribution in [3.63, 3.8) is 0 Å². The number of hydrogen-bond donors (Lipinski definition) is 8. The van der Waals surface area contributed by atoms with Crippen LogP contribution in [0.3, 0.4) is 0 Å². The molecular weight excluding hydrogens is 1590 g/mol. The van der Waals surface area contributed by atoms with Gasteiger partial charge in [0.1, 0.15) is 25.4 Å². The van der Waals surface area contributed by atoms with E-state index in [2.05, 4.69) is 20.8 Å². The minimum absolute atomic E-state index is 0.0109. The molecule has 18 aliphatic rings. The first kappa shape index (κ1) is 91.8. The summed E-state index contributed by atoms with van der Waals surface area (Å²) in [5.74, 6) is -6.45. The highest BCUT2D eigenvalue weighted by atomic mass is 19.2. The number of carbonyl (C=O) groups excluding carboxylic acids is 9. The van der Waals surface area contributed by atoms with Crippen LogP contribution < -0.4 is 0 Å². The molecule has 0 aromatic carbocycles. The van der Waals surface area contributed by atoms with Gasteiger partial charge in [0.05, 0.1) is 36.6 Å². The van der Waals surface area contributed by atoms with E-state index in [4.69, 9.17) is 23.7 Å². The maximum absolute atomic E-state index is 17.3. The van der Waals surface area contributed by atoms with Gasteiger partial charge >= 0.3 is 5.97 Å². The molecule has 2 saturated heterocycles. The van der Waals surface area contributed by atoms with Crippen molar-refractivity contribution < 1.29 is 121 Å². The standard InChI is InChI=1S/C27H37FO6.C25H34O6.C24H31FO6.C22H29FO4/c1-5-6-7-23(33)34-27(22(32)15-29)16(2)12-20-19-9-8-17-13-18(30)10-11-24(17,3)26(19,28)21(31)14-25(20,27)4;1-4-5-21-30-20-11-17-16-7-6-14-10-15(27)8-9-23(14,2)22(16)18(28)12-24(17,3)25(20,31-21)19(29)13-26;1-20(2)30-19-10-16-15-6-5-13-9-14(27)7-8-21(13,3)23(15,25)17(28)11-22(16,4)24(19,31-20)18(29)12-26;1-12-9-17-16-6-5-14-10-15(25)7-8-19(14,3)21(16,23)18(26)11-20(17,4)22(12,27)13(2)24/h10-11,13,16,19-21,29,31H,5-9,12,14-15H2,1-4H3;8-10,16-18,20-22,26,28H,4-7,11-13H2,1-3H3;7-9,15-17,19,26,28H,5-6,10-12H2,1-4H3;7-8,10,12,16-18,26-27H,5-6,9,11H2,1-4H3/t16-,19-,20-,21-,24-,25-,26-,27-;16?,17-,18-,20+,21?,22+,23-,24-,25+;15-,16-,17-,19+,21-,22-,23-,24+;12-,16?,17+,18+,19+,20+,21+,22+/m0001/s1. The number of rotatable bonds is 13. The van der Waals surface area contributed by atoms with Crippen LogP contribution in [0, 0.1) is 108 Å². The van der Waals surface area contributed by atoms with E-state index >= 15 is 13.2 Å². The van der Waals surface area contributed by atoms with Crippen LogP contribution in [0.5, 0.6) is 0 Å². The van der Waals surface area contributed by atoms with Crippen molar-refractivity contribution in [3.8, 4) is 0 Å². The fourth-order valence-corrected chi connectivity index (χ4v) is 31.4. The predicted molar refractivity (Wildman–Crippen MR) is 443 cm³/mol. The topological polar surface area (TPSA) is 362 Å². The number of ketones is 8. The maximum Gasteiger partial charge on any atom is 0.306 e. The third kappa shape index (κ3) is 12.1. The van der Waals surface area contributed by atoms with Crippen molar-refractivity contribution in [2.24, 2.45) is 108 Å². The highest BCUT2D eigenvalue weighted by molar-refractivity contribution is 6.03. The fourth-order valence-electron chi connectivity index (χ4n) is 31.4. The summed E-state index contributed by atoms with van der Waals surface area (Å²) in [7, 11) is 0. The Hall–Kier alpha value is -5.94. The van der Waals surface area contributed by atoms with Gasteiger partial charge < -0.3 is 64.5 Å². The minimum atomic E-state index is -2.03. The zero-order valence-corrected chi connectivity index (χ0v) is 74.2. The summed E-state index contributed by atoms with van der Waals surface area (Å²) in [5.41, 5.74) is -15.4. The van der Waals surface area contributed by atoms with Crippen LogP contribution in [0.4, 0.5) is 13.2 Å². The second-order valence-electron chi connectivity index (χ2n) is 42.7. The van der Waals surface area contributed by atoms with Crippen LogP contribution in [-0.4, -0.2) is 201 Å². The maximum atomic E-state index is 17.3. The van der Waals surface area contributed by atoms with Crippen LogP contribution in [0.2, 0.25) is 0 Å². The van der Waals surface area contributed by atoms with Gasteiger partial charge in [0.2, 0.25) is 5.78 Å². The average Bonchev–Trinajstić information content (AvgIpc) is 1.53. The second kappa shape index (κ2) is 30.6. The Balaban J connectivity index is 0.000000128. The molecule has 18 rings (SSSR count). The van der Waals surface area contributed by atoms with Crippen LogP contribution in [0.1, 0.15) is 239 Å². The number of unbranched alkanes of at least 4 members (excludes halogenated alkanes) is 1. The van der Waals surface area contributed by atoms with Crippen molar-refractivity contribution in [3.05, 3.63) is 95.2 Å². The summed E-state index contributed by atoms with van der Waals surface area (Å²) in [4.78, 5) is 113. The molecule has 0 amide bonds. The van der Waals surface area contributed by atoms with Crippen molar-refractivity contribution >= 4 is 52.2 Å². The quantitative estimate of drug-likeness (QED) is 0.0794. The van der Waals surface area contributed by atoms with Crippen molar-refractivity contribution in [1.82, 2.24) is 0 Å². The SMILES string of the molecule is CC(=O)[C@@]1(O)[C@H](C)C[C@H]2C3CCC4=CC(=O)C=C[C@]4(C)[C@@]3(F)[C@@H](O)C[C@@]21C.CC1(C)O[C@@H]2C[C@H]3[C@@H]4CCC5=CC(=O)C=C[C@]5(C)[C@@]4(F)[C@@H](O)C[C@]3(C)[C@]2(C(=O)CO)O1.CCCC1O[C@@H]2C[C@H]3C4CCC5=CC(=O)C=C[C@]5(C)[C@H]4[C@@H](O)C[C@]3(C)[C@]2(C(=O)CO)O1.CCCCC(=O)O[C@]1(C(=O)CO)[C@@H](C)C[C@H]2[C@@H]3CCC4=CC(=O)C=C[C@]4(C)[C@@]3(F)[C@@H](O)C[C@@]21C. The summed E-state index contributed by atoms with van der Waals surface area (Å²) in [6, 6.07) is 0. The number of carbonyl (C=O) groups is 9. The summed E-state index contributed by atoms with van der Waals surface area (Å²) >= 11 is 0. The van der Waals surface area contributed by atoms with Crippen LogP contribution >= 0.6 is 0 Å². The number of alkyl halides is 3. The molecule has 22 nitrogen and oxygen atoms in total. The molecule has 14 fully saturated rings. The molecule has 2 aliphatic heterocycles. The Labute approximate surface area is 719 Å². The lowest BCUT2D eigenvalue weighted by Gasteiger charge is -2.62. The van der Waals surface area contributed by atoms with Gasteiger partial charge in [-0.05, 0) is 241 Å². The van der Waals surface area contributed by atoms with Crippen LogP contribution in [0.25, 0.3) is 0 Å². The van der Waals surface area contributed by atoms with Gasteiger partial charge in [-0.25, -0.2) is 13.2 Å². The largest absolute Gasteiger partial charge is 0.450 e. The smallest absolute Gasteiger partial charge is 0.306 e. The molecule has 33 atom stereocenters. The Kier molecular flexibility index (Phi) is 22.8. The van der Waals surface area contributed by atoms with E-state index in [1.807, 2.05) is 47.6 Å². The van der Waals surface area contributed by atoms with Crippen molar-refractivity contribution in [1.29, 1.82) is 0 Å². The number of ether oxygens (including phenoxy) is 5. The number of allylic oxidation sites excluding steroid dienone is 16. The third-order valence-electron chi connectivity index (χ3n) is 37.1. The zero-order valence-electron chi connectivity index (χ0n) is 74.2. The molecule has 676 valence electrons. The Morgan fingerprint density at radius 2 is 0.911 bits per heavy atom. The molecule has 8 N–H and O–H groups in total. The summed E-state index contributed by atoms with van der Waals surface area (Å²) in [6.45, 7) is 25.5. The first-order chi connectivity index (χ1) is 57.4. The molecule has 0 bridgehead atoms. The van der Waals surface area contributed by atoms with Crippen molar-refractivity contribution in [2.45, 2.75) is 327 Å². The second-order valence-corrected chi connectivity index (χ2v) is 42.7. The molecule has 3 unspecified atom stereocenters. The highest BCUT2D eigenvalue weighted by Gasteiger charge is 2.83. The lowest BCUT2D eigenvalue weighted by Crippen LogP contribution is -2.70. The number of aliphatic hydroxyl groups excluding tert-OH is 7. The molecule has 16 aliphatic carbocycles. The van der Waals surface area contributed by atoms with Crippen LogP contribution in [-0.2, 0) is 66.8 Å². The predicted octanol–water partition coefficient (Wildman–Crippen LogP) is 11.7. The van der Waals surface area contributed by atoms with Gasteiger partial charge in [0, 0.05) is 79.3 Å². The highest BCUT2D eigenvalue weighted by Crippen LogP contribution is 2.77. The number of Topliss-reactive ketones (excluding diaryl/α,β-unsaturated/α-hetero) is 4. The average molecular weight is 1720 g/mol. The number of aliphatic hydroxyl groups is 8. The number of esters is 1. The van der Waals surface area contributed by atoms with Gasteiger partial charge in [-0.2, -0.15) is 0 Å². The lowest BCUT2D eigenvalue weighted by molar-refractivity contribution is -0.246. The first-order valence-electron chi connectivity index (χ1n) is 45.6. The summed E-state index contributed by atoms with van der Waals surface area (Å²) in [5, 5.41) is 86.4. The summed E-state index contributed by atoms with van der Waals surface area (Å²) in [6.07, 6.45) is 23.2. The Bertz CT molecular complexity index is 4670. The third-order valence-corrected chi connectivity index (χ3v) is 37.1. The molecule has 0 aromatic rings. The minimum Gasteiger partial charge on any atom is -0.450 e. The van der Waals surface area contributed by atoms with Crippen molar-refractivity contribution in [2.75, 3.05) is 19.8 Å². The van der Waals surface area contributed by atoms with E-state index in [1.165, 1.54) is 43.4 Å². The molecule has 0 radical (unpaired) electrons. The molecule has 0 spiro atoms. The zero-order chi connectivity index (χ0) is 89.9. The lowest BCUT2D eigenvalue weighted by atomic mass is 9.44. The first-order valence-corrected chi connectivity index (χ1v) is 45.6. The molecule has 2 heterocycles. The van der Waals surface area contributed by atoms with Crippen LogP contribution in [0.15, 0.2) is 95.2 Å². The molecule has 12 saturated carbocycles. The number of hydrogen-bond acceptors (Lipinski definition) is 22. The number of halogens is 3. The summed E-state index contributed by atoms with van der Waals surface area (Å²) < 4.78 is 82.3. The van der Waals surface area contributed by atoms with Gasteiger partial charge in [0.15, 0.2) is 86.4 Å². The normalized spacial score (nSPS) is 50.2. The van der Waals surface area contributed by atoms with Gasteiger partial charge in [-0.1, -0.05) is 122 Å². The van der Waals surface area contributed by atoms with E-state index < -0.39 is 187 Å². The molecular formula is C98H131F3O22. The number of fused-ring (bicyclic) bond motifs is 24. The van der Waals surface area contributed by atoms with Gasteiger partial charge in [-0.3, -0.25) is 43.2 Å². The van der Waals surface area contributed by atoms with E-state index in [0.717, 1.165) is 42.4 Å². The van der Waals surface area contributed by atoms with E-state index in [-0.39, 0.29) is 107 Å². The monoisotopic (exact) mass is 1720 g/mol. The van der Waals surface area contributed by atoms with E-state index in [1.54, 1.807) is 65.0 Å².